The second-order valence-corrected chi connectivity index (χ2v) is 9.33. The molecule has 2 aromatic heterocycles. The zero-order valence-corrected chi connectivity index (χ0v) is 18.9. The first kappa shape index (κ1) is 21.7. The number of aryl methyl sites for hydroxylation is 1. The Kier molecular flexibility index (Phi) is 5.79. The topological polar surface area (TPSA) is 95.9 Å². The van der Waals surface area contributed by atoms with Crippen LogP contribution in [0.5, 0.6) is 0 Å². The molecule has 0 saturated carbocycles. The zero-order chi connectivity index (χ0) is 22.9. The van der Waals surface area contributed by atoms with Crippen molar-refractivity contribution >= 4 is 5.91 Å². The molecule has 0 atom stereocenters. The predicted molar refractivity (Wildman–Crippen MR) is 120 cm³/mol. The highest BCUT2D eigenvalue weighted by molar-refractivity contribution is 5.94. The molecular formula is C25H27N5O2. The van der Waals surface area contributed by atoms with Crippen molar-refractivity contribution in [3.05, 3.63) is 64.9 Å². The standard InChI is InChI=1S/C25H27N5O2/c1-16-13-21(32-29-16)20-15-27-24(25(2,3)4)28-22(20)18-9-11-30(12-10-18)23(31)19-7-5-17(14-26)6-8-19/h5-8,13,15,18H,9-12H2,1-4H3. The van der Waals surface area contributed by atoms with Crippen LogP contribution >= 0.6 is 0 Å². The Morgan fingerprint density at radius 2 is 1.88 bits per heavy atom. The quantitative estimate of drug-likeness (QED) is 0.602. The van der Waals surface area contributed by atoms with Gasteiger partial charge in [-0.1, -0.05) is 25.9 Å². The Balaban J connectivity index is 1.56. The van der Waals surface area contributed by atoms with Gasteiger partial charge < -0.3 is 9.42 Å². The maximum absolute atomic E-state index is 12.9. The number of nitrogens with zero attached hydrogens (tertiary/aromatic N) is 5. The third-order valence-corrected chi connectivity index (χ3v) is 5.81. The van der Waals surface area contributed by atoms with Crippen LogP contribution in [0.15, 0.2) is 41.1 Å². The average molecular weight is 430 g/mol. The van der Waals surface area contributed by atoms with Crippen LogP contribution in [0.1, 0.15) is 72.7 Å². The normalized spacial score (nSPS) is 14.9. The number of carbonyl (C=O) groups excluding carboxylic acids is 1. The molecule has 1 saturated heterocycles. The van der Waals surface area contributed by atoms with Crippen LogP contribution in [0, 0.1) is 18.3 Å². The van der Waals surface area contributed by atoms with Crippen molar-refractivity contribution in [2.75, 3.05) is 13.1 Å². The molecule has 0 radical (unpaired) electrons. The first-order valence-electron chi connectivity index (χ1n) is 10.9. The molecule has 3 aromatic rings. The summed E-state index contributed by atoms with van der Waals surface area (Å²) >= 11 is 0. The summed E-state index contributed by atoms with van der Waals surface area (Å²) in [4.78, 5) is 24.4. The molecule has 7 nitrogen and oxygen atoms in total. The number of benzene rings is 1. The van der Waals surface area contributed by atoms with Crippen LogP contribution in [-0.4, -0.2) is 39.0 Å². The predicted octanol–water partition coefficient (Wildman–Crippen LogP) is 4.63. The van der Waals surface area contributed by atoms with Crippen LogP contribution < -0.4 is 0 Å². The van der Waals surface area contributed by atoms with Crippen molar-refractivity contribution in [1.82, 2.24) is 20.0 Å². The Morgan fingerprint density at radius 1 is 1.19 bits per heavy atom. The van der Waals surface area contributed by atoms with Crippen LogP contribution in [0.4, 0.5) is 0 Å². The fourth-order valence-corrected chi connectivity index (χ4v) is 3.97. The highest BCUT2D eigenvalue weighted by atomic mass is 16.5. The van der Waals surface area contributed by atoms with Gasteiger partial charge in [0.2, 0.25) is 0 Å². The summed E-state index contributed by atoms with van der Waals surface area (Å²) in [5.74, 6) is 1.67. The minimum Gasteiger partial charge on any atom is -0.356 e. The monoisotopic (exact) mass is 429 g/mol. The van der Waals surface area contributed by atoms with Crippen molar-refractivity contribution in [1.29, 1.82) is 5.26 Å². The van der Waals surface area contributed by atoms with Gasteiger partial charge in [-0.25, -0.2) is 9.97 Å². The third kappa shape index (κ3) is 4.40. The number of rotatable bonds is 3. The number of hydrogen-bond donors (Lipinski definition) is 0. The van der Waals surface area contributed by atoms with Gasteiger partial charge in [0.25, 0.3) is 5.91 Å². The van der Waals surface area contributed by atoms with Crippen molar-refractivity contribution in [2.24, 2.45) is 0 Å². The van der Waals surface area contributed by atoms with Gasteiger partial charge in [-0.3, -0.25) is 4.79 Å². The van der Waals surface area contributed by atoms with E-state index in [0.29, 0.717) is 30.0 Å². The summed E-state index contributed by atoms with van der Waals surface area (Å²) < 4.78 is 5.53. The number of nitriles is 1. The summed E-state index contributed by atoms with van der Waals surface area (Å²) in [5, 5.41) is 13.0. The first-order valence-corrected chi connectivity index (χ1v) is 10.9. The molecule has 0 N–H and O–H groups in total. The minimum atomic E-state index is -0.170. The third-order valence-electron chi connectivity index (χ3n) is 5.81. The molecule has 32 heavy (non-hydrogen) atoms. The lowest BCUT2D eigenvalue weighted by Crippen LogP contribution is -2.38. The maximum atomic E-state index is 12.9. The molecule has 1 aliphatic rings. The summed E-state index contributed by atoms with van der Waals surface area (Å²) in [7, 11) is 0. The Morgan fingerprint density at radius 3 is 2.44 bits per heavy atom. The van der Waals surface area contributed by atoms with E-state index < -0.39 is 0 Å². The van der Waals surface area contributed by atoms with Crippen LogP contribution in [0.25, 0.3) is 11.3 Å². The SMILES string of the molecule is Cc1cc(-c2cnc(C(C)(C)C)nc2C2CCN(C(=O)c3ccc(C#N)cc3)CC2)on1. The van der Waals surface area contributed by atoms with Crippen molar-refractivity contribution in [2.45, 2.75) is 51.9 Å². The highest BCUT2D eigenvalue weighted by Gasteiger charge is 2.30. The Labute approximate surface area is 188 Å². The fourth-order valence-electron chi connectivity index (χ4n) is 3.97. The van der Waals surface area contributed by atoms with E-state index in [9.17, 15) is 4.79 Å². The number of carbonyl (C=O) groups is 1. The number of likely N-dealkylation sites (tertiary alicyclic amines) is 1. The molecule has 1 amide bonds. The molecule has 3 heterocycles. The molecule has 0 spiro atoms. The summed E-state index contributed by atoms with van der Waals surface area (Å²) in [5.41, 5.74) is 3.64. The first-order chi connectivity index (χ1) is 15.3. The maximum Gasteiger partial charge on any atom is 0.253 e. The lowest BCUT2D eigenvalue weighted by Gasteiger charge is -2.33. The number of amides is 1. The zero-order valence-electron chi connectivity index (χ0n) is 18.9. The Bertz CT molecular complexity index is 1160. The molecule has 7 heteroatoms. The van der Waals surface area contributed by atoms with Gasteiger partial charge in [-0.05, 0) is 44.0 Å². The number of aromatic nitrogens is 3. The van der Waals surface area contributed by atoms with Gasteiger partial charge in [0.1, 0.15) is 5.82 Å². The van der Waals surface area contributed by atoms with Crippen LogP contribution in [0.3, 0.4) is 0 Å². The van der Waals surface area contributed by atoms with E-state index in [4.69, 9.17) is 14.8 Å². The van der Waals surface area contributed by atoms with Crippen molar-refractivity contribution in [3.63, 3.8) is 0 Å². The van der Waals surface area contributed by atoms with Gasteiger partial charge in [-0.15, -0.1) is 0 Å². The van der Waals surface area contributed by atoms with Crippen molar-refractivity contribution in [3.8, 4) is 17.4 Å². The molecule has 1 fully saturated rings. The second kappa shape index (κ2) is 8.54. The molecule has 1 aromatic carbocycles. The van der Waals surface area contributed by atoms with E-state index >= 15 is 0 Å². The highest BCUT2D eigenvalue weighted by Crippen LogP contribution is 2.35. The molecule has 164 valence electrons. The largest absolute Gasteiger partial charge is 0.356 e. The molecule has 0 unspecified atom stereocenters. The van der Waals surface area contributed by atoms with Gasteiger partial charge in [-0.2, -0.15) is 5.26 Å². The van der Waals surface area contributed by atoms with E-state index in [-0.39, 0.29) is 17.2 Å². The number of hydrogen-bond acceptors (Lipinski definition) is 6. The molecule has 0 aliphatic carbocycles. The molecular weight excluding hydrogens is 402 g/mol. The summed E-state index contributed by atoms with van der Waals surface area (Å²) in [6.45, 7) is 9.49. The summed E-state index contributed by atoms with van der Waals surface area (Å²) in [6, 6.07) is 10.8. The lowest BCUT2D eigenvalue weighted by atomic mass is 9.88. The second-order valence-electron chi connectivity index (χ2n) is 9.33. The molecule has 1 aliphatic heterocycles. The van der Waals surface area contributed by atoms with Gasteiger partial charge in [0.15, 0.2) is 5.76 Å². The van der Waals surface area contributed by atoms with E-state index in [2.05, 4.69) is 37.0 Å². The van der Waals surface area contributed by atoms with E-state index in [0.717, 1.165) is 35.6 Å². The van der Waals surface area contributed by atoms with Crippen molar-refractivity contribution < 1.29 is 9.32 Å². The summed E-state index contributed by atoms with van der Waals surface area (Å²) in [6.07, 6.45) is 3.46. The Hall–Kier alpha value is -3.53. The van der Waals surface area contributed by atoms with E-state index in [1.54, 1.807) is 24.3 Å². The van der Waals surface area contributed by atoms with Crippen LogP contribution in [0.2, 0.25) is 0 Å². The fraction of sp³-hybridized carbons (Fsp3) is 0.400. The number of piperidine rings is 1. The smallest absolute Gasteiger partial charge is 0.253 e. The van der Waals surface area contributed by atoms with Gasteiger partial charge in [0, 0.05) is 42.2 Å². The molecule has 0 bridgehead atoms. The van der Waals surface area contributed by atoms with Gasteiger partial charge >= 0.3 is 0 Å². The van der Waals surface area contributed by atoms with Crippen LogP contribution in [-0.2, 0) is 5.41 Å². The average Bonchev–Trinajstić information content (AvgIpc) is 3.24. The minimum absolute atomic E-state index is 0.00269. The molecule has 4 rings (SSSR count). The lowest BCUT2D eigenvalue weighted by molar-refractivity contribution is 0.0712. The van der Waals surface area contributed by atoms with E-state index in [1.165, 1.54) is 0 Å². The van der Waals surface area contributed by atoms with E-state index in [1.807, 2.05) is 24.1 Å². The van der Waals surface area contributed by atoms with Gasteiger partial charge in [0.05, 0.1) is 28.6 Å².